The average molecular weight is 510 g/mol. The molecule has 0 radical (unpaired) electrons. The molecule has 0 aliphatic carbocycles. The van der Waals surface area contributed by atoms with E-state index in [-0.39, 0.29) is 5.97 Å². The van der Waals surface area contributed by atoms with E-state index in [1.165, 1.54) is 7.16 Å². The third-order valence-electron chi connectivity index (χ3n) is 4.49. The summed E-state index contributed by atoms with van der Waals surface area (Å²) in [5.41, 5.74) is 0. The van der Waals surface area contributed by atoms with E-state index in [4.69, 9.17) is 9.47 Å². The van der Waals surface area contributed by atoms with Crippen LogP contribution in [-0.4, -0.2) is 34.0 Å². The first-order chi connectivity index (χ1) is 11.9. The van der Waals surface area contributed by atoms with Crippen LogP contribution in [0, 0.1) is 0 Å². The SMILES string of the molecule is CC1(C)OC(=O)C(CC[CH2][Sn]([Br])([c]2ccccc2)[c]2ccccc2)O1. The van der Waals surface area contributed by atoms with E-state index in [1.54, 1.807) is 13.8 Å². The maximum atomic E-state index is 11.9. The van der Waals surface area contributed by atoms with Gasteiger partial charge in [0.25, 0.3) is 0 Å². The molecule has 1 aliphatic heterocycles. The quantitative estimate of drug-likeness (QED) is 0.441. The van der Waals surface area contributed by atoms with E-state index < -0.39 is 28.0 Å². The second kappa shape index (κ2) is 7.80. The molecule has 0 N–H and O–H groups in total. The summed E-state index contributed by atoms with van der Waals surface area (Å²) < 4.78 is 14.9. The molecule has 1 heterocycles. The van der Waals surface area contributed by atoms with Crippen molar-refractivity contribution in [2.45, 2.75) is 43.0 Å². The van der Waals surface area contributed by atoms with Gasteiger partial charge in [-0.25, -0.2) is 0 Å². The fourth-order valence-corrected chi connectivity index (χ4v) is 17.4. The van der Waals surface area contributed by atoms with Gasteiger partial charge in [-0.2, -0.15) is 0 Å². The van der Waals surface area contributed by atoms with Gasteiger partial charge in [0.05, 0.1) is 0 Å². The van der Waals surface area contributed by atoms with E-state index in [1.807, 2.05) is 0 Å². The molecular weight excluding hydrogens is 487 g/mol. The zero-order chi connectivity index (χ0) is 17.9. The normalized spacial score (nSPS) is 19.6. The molecule has 2 aromatic carbocycles. The summed E-state index contributed by atoms with van der Waals surface area (Å²) >= 11 is 1.28. The van der Waals surface area contributed by atoms with Crippen molar-refractivity contribution in [3.8, 4) is 0 Å². The zero-order valence-electron chi connectivity index (χ0n) is 14.6. The van der Waals surface area contributed by atoms with Crippen LogP contribution in [0.5, 0.6) is 0 Å². The Morgan fingerprint density at radius 3 is 1.96 bits per heavy atom. The van der Waals surface area contributed by atoms with E-state index >= 15 is 0 Å². The summed E-state index contributed by atoms with van der Waals surface area (Å²) in [6, 6.07) is 21.4. The van der Waals surface area contributed by atoms with E-state index in [2.05, 4.69) is 73.4 Å². The summed E-state index contributed by atoms with van der Waals surface area (Å²) in [4.78, 5) is 11.9. The van der Waals surface area contributed by atoms with Crippen LogP contribution in [0.3, 0.4) is 0 Å². The molecular formula is C20H23BrO3Sn. The molecule has 1 fully saturated rings. The predicted octanol–water partition coefficient (Wildman–Crippen LogP) is 3.60. The predicted molar refractivity (Wildman–Crippen MR) is 106 cm³/mol. The third-order valence-corrected chi connectivity index (χ3v) is 23.4. The van der Waals surface area contributed by atoms with Crippen molar-refractivity contribution in [3.05, 3.63) is 60.7 Å². The van der Waals surface area contributed by atoms with Crippen LogP contribution in [0.4, 0.5) is 0 Å². The summed E-state index contributed by atoms with van der Waals surface area (Å²) in [7, 11) is 0. The monoisotopic (exact) mass is 510 g/mol. The number of cyclic esters (lactones) is 1. The fraction of sp³-hybridized carbons (Fsp3) is 0.350. The Kier molecular flexibility index (Phi) is 5.91. The van der Waals surface area contributed by atoms with Crippen molar-refractivity contribution in [2.24, 2.45) is 0 Å². The Morgan fingerprint density at radius 2 is 1.52 bits per heavy atom. The molecule has 3 rings (SSSR count). The molecule has 0 spiro atoms. The molecule has 5 heteroatoms. The van der Waals surface area contributed by atoms with Crippen molar-refractivity contribution in [2.75, 3.05) is 0 Å². The van der Waals surface area contributed by atoms with Crippen molar-refractivity contribution in [1.29, 1.82) is 0 Å². The third kappa shape index (κ3) is 4.47. The van der Waals surface area contributed by atoms with Gasteiger partial charge < -0.3 is 0 Å². The molecule has 0 amide bonds. The van der Waals surface area contributed by atoms with Gasteiger partial charge in [0.2, 0.25) is 0 Å². The molecule has 2 aromatic rings. The van der Waals surface area contributed by atoms with Gasteiger partial charge in [-0.05, 0) is 0 Å². The molecule has 1 aliphatic rings. The molecule has 25 heavy (non-hydrogen) atoms. The minimum atomic E-state index is -2.92. The first kappa shape index (κ1) is 18.9. The number of benzene rings is 2. The number of carbonyl (C=O) groups excluding carboxylic acids is 1. The summed E-state index contributed by atoms with van der Waals surface area (Å²) in [6.45, 7) is 3.57. The van der Waals surface area contributed by atoms with Crippen LogP contribution in [0.2, 0.25) is 4.44 Å². The van der Waals surface area contributed by atoms with Crippen molar-refractivity contribution in [1.82, 2.24) is 0 Å². The Labute approximate surface area is 159 Å². The Morgan fingerprint density at radius 1 is 1.00 bits per heavy atom. The molecule has 132 valence electrons. The van der Waals surface area contributed by atoms with Crippen molar-refractivity contribution in [3.63, 3.8) is 0 Å². The van der Waals surface area contributed by atoms with Crippen LogP contribution in [0.25, 0.3) is 0 Å². The van der Waals surface area contributed by atoms with Crippen LogP contribution in [0.1, 0.15) is 26.7 Å². The standard InChI is InChI=1S/C8H13O3.2C6H5.BrH.Sn/c1-4-5-6-7(9)11-8(2,3)10-6;2*1-2-4-6-5-3-1;;/h6H,1,4-5H2,2-3H3;2*1-5H;1H;/q;;;;+1/p-1. The number of esters is 1. The fourth-order valence-electron chi connectivity index (χ4n) is 3.29. The molecule has 1 atom stereocenters. The van der Waals surface area contributed by atoms with Gasteiger partial charge >= 0.3 is 160 Å². The first-order valence-corrected chi connectivity index (χ1v) is 19.9. The summed E-state index contributed by atoms with van der Waals surface area (Å²) in [5.74, 6) is -1.03. The molecule has 3 nitrogen and oxygen atoms in total. The van der Waals surface area contributed by atoms with Gasteiger partial charge in [-0.1, -0.05) is 0 Å². The molecule has 1 saturated heterocycles. The number of rotatable bonds is 6. The van der Waals surface area contributed by atoms with Crippen LogP contribution in [0.15, 0.2) is 60.7 Å². The Hall–Kier alpha value is -0.851. The van der Waals surface area contributed by atoms with Gasteiger partial charge in [0.1, 0.15) is 0 Å². The average Bonchev–Trinajstić information content (AvgIpc) is 2.88. The van der Waals surface area contributed by atoms with Gasteiger partial charge in [0.15, 0.2) is 0 Å². The van der Waals surface area contributed by atoms with Gasteiger partial charge in [-0.15, -0.1) is 0 Å². The van der Waals surface area contributed by atoms with Crippen LogP contribution >= 0.6 is 12.7 Å². The number of halogens is 1. The summed E-state index contributed by atoms with van der Waals surface area (Å²) in [6.07, 6.45) is 1.19. The second-order valence-electron chi connectivity index (χ2n) is 6.85. The molecule has 0 saturated carbocycles. The van der Waals surface area contributed by atoms with Crippen molar-refractivity contribution >= 4 is 42.0 Å². The minimum absolute atomic E-state index is 0.236. The summed E-state index contributed by atoms with van der Waals surface area (Å²) in [5, 5.41) is 0. The van der Waals surface area contributed by atoms with Crippen LogP contribution < -0.4 is 7.16 Å². The molecule has 0 aromatic heterocycles. The number of carbonyl (C=O) groups is 1. The first-order valence-electron chi connectivity index (χ1n) is 8.61. The van der Waals surface area contributed by atoms with E-state index in [9.17, 15) is 4.79 Å². The Bertz CT molecular complexity index is 679. The second-order valence-corrected chi connectivity index (χ2v) is 25.2. The molecule has 1 unspecified atom stereocenters. The van der Waals surface area contributed by atoms with Gasteiger partial charge in [0, 0.05) is 0 Å². The molecule has 0 bridgehead atoms. The topological polar surface area (TPSA) is 35.5 Å². The maximum absolute atomic E-state index is 11.9. The van der Waals surface area contributed by atoms with E-state index in [0.29, 0.717) is 6.42 Å². The Balaban J connectivity index is 1.75. The van der Waals surface area contributed by atoms with Crippen molar-refractivity contribution < 1.29 is 14.3 Å². The number of hydrogen-bond donors (Lipinski definition) is 0. The van der Waals surface area contributed by atoms with Gasteiger partial charge in [-0.3, -0.25) is 0 Å². The zero-order valence-corrected chi connectivity index (χ0v) is 19.0. The van der Waals surface area contributed by atoms with E-state index in [0.717, 1.165) is 10.9 Å². The number of ether oxygens (including phenoxy) is 2. The van der Waals surface area contributed by atoms with Crippen LogP contribution in [-0.2, 0) is 14.3 Å². The number of hydrogen-bond acceptors (Lipinski definition) is 3.